The fourth-order valence-corrected chi connectivity index (χ4v) is 2.63. The first kappa shape index (κ1) is 13.4. The Balaban J connectivity index is 2.10. The van der Waals surface area contributed by atoms with Crippen molar-refractivity contribution in [3.63, 3.8) is 0 Å². The van der Waals surface area contributed by atoms with Gasteiger partial charge in [-0.2, -0.15) is 0 Å². The number of ether oxygens (including phenoxy) is 2. The number of nitrogens with one attached hydrogen (secondary N) is 1. The fourth-order valence-electron chi connectivity index (χ4n) is 2.28. The van der Waals surface area contributed by atoms with Crippen LogP contribution in [0.1, 0.15) is 19.4 Å². The Morgan fingerprint density at radius 2 is 1.90 bits per heavy atom. The molecule has 0 saturated heterocycles. The van der Waals surface area contributed by atoms with Gasteiger partial charge >= 0.3 is 6.29 Å². The summed E-state index contributed by atoms with van der Waals surface area (Å²) in [5.74, 6) is 0.121. The monoisotopic (exact) mass is 343 g/mol. The molecular weight excluding hydrogens is 332 g/mol. The van der Waals surface area contributed by atoms with E-state index in [1.165, 1.54) is 6.07 Å². The maximum Gasteiger partial charge on any atom is 0.586 e. The molecule has 0 spiro atoms. The van der Waals surface area contributed by atoms with E-state index in [9.17, 15) is 8.78 Å². The van der Waals surface area contributed by atoms with E-state index in [-0.39, 0.29) is 16.9 Å². The van der Waals surface area contributed by atoms with Crippen molar-refractivity contribution in [3.05, 3.63) is 40.6 Å². The lowest BCUT2D eigenvalue weighted by Crippen LogP contribution is -2.26. The summed E-state index contributed by atoms with van der Waals surface area (Å²) in [6, 6.07) is 4.88. The molecule has 1 aromatic carbocycles. The number of hydrogen-bond acceptors (Lipinski definition) is 3. The van der Waals surface area contributed by atoms with Gasteiger partial charge in [0.25, 0.3) is 0 Å². The number of benzene rings is 1. The lowest BCUT2D eigenvalue weighted by atomic mass is 9.79. The van der Waals surface area contributed by atoms with Gasteiger partial charge in [-0.15, -0.1) is 8.78 Å². The zero-order chi connectivity index (χ0) is 14.5. The molecule has 0 unspecified atom stereocenters. The number of dihydropyridines is 1. The number of halogens is 3. The van der Waals surface area contributed by atoms with Crippen LogP contribution in [-0.4, -0.2) is 6.29 Å². The number of rotatable bonds is 1. The minimum atomic E-state index is -3.61. The average molecular weight is 344 g/mol. The maximum atomic E-state index is 13.3. The largest absolute Gasteiger partial charge is 0.586 e. The van der Waals surface area contributed by atoms with Crippen molar-refractivity contribution in [2.75, 3.05) is 0 Å². The first-order valence-corrected chi connectivity index (χ1v) is 6.83. The van der Waals surface area contributed by atoms with Crippen LogP contribution in [0.3, 0.4) is 0 Å². The van der Waals surface area contributed by atoms with Gasteiger partial charge in [-0.3, -0.25) is 0 Å². The van der Waals surface area contributed by atoms with Crippen LogP contribution in [0.25, 0.3) is 5.57 Å². The molecule has 1 aromatic rings. The number of fused-ring (bicyclic) bond motifs is 1. The molecule has 3 rings (SSSR count). The molecule has 106 valence electrons. The van der Waals surface area contributed by atoms with E-state index in [1.54, 1.807) is 18.3 Å². The van der Waals surface area contributed by atoms with Gasteiger partial charge in [0.1, 0.15) is 0 Å². The standard InChI is InChI=1S/C14H12BrF2NO2/c1-13(2)9(6-18-7-11(13)15)8-4-3-5-10-12(8)20-14(16,17)19-10/h3-7,18H,1-2H3. The third kappa shape index (κ3) is 1.98. The van der Waals surface area contributed by atoms with Gasteiger partial charge in [-0.1, -0.05) is 41.9 Å². The van der Waals surface area contributed by atoms with Crippen LogP contribution < -0.4 is 14.8 Å². The topological polar surface area (TPSA) is 30.5 Å². The molecule has 0 aromatic heterocycles. The van der Waals surface area contributed by atoms with Gasteiger partial charge in [-0.25, -0.2) is 0 Å². The predicted octanol–water partition coefficient (Wildman–Crippen LogP) is 4.21. The van der Waals surface area contributed by atoms with Crippen molar-refractivity contribution >= 4 is 21.5 Å². The highest BCUT2D eigenvalue weighted by molar-refractivity contribution is 9.11. The van der Waals surface area contributed by atoms with Crippen LogP contribution in [0.4, 0.5) is 8.78 Å². The third-order valence-electron chi connectivity index (χ3n) is 3.43. The zero-order valence-corrected chi connectivity index (χ0v) is 12.4. The van der Waals surface area contributed by atoms with Crippen molar-refractivity contribution in [2.24, 2.45) is 5.41 Å². The second-order valence-electron chi connectivity index (χ2n) is 5.14. The molecule has 1 N–H and O–H groups in total. The second kappa shape index (κ2) is 4.22. The minimum absolute atomic E-state index is 0.0508. The summed E-state index contributed by atoms with van der Waals surface area (Å²) in [5.41, 5.74) is 1.06. The van der Waals surface area contributed by atoms with Crippen LogP contribution >= 0.6 is 15.9 Å². The molecule has 6 heteroatoms. The van der Waals surface area contributed by atoms with E-state index in [0.29, 0.717) is 5.56 Å². The normalized spacial score (nSPS) is 21.9. The summed E-state index contributed by atoms with van der Waals surface area (Å²) in [7, 11) is 0. The van der Waals surface area contributed by atoms with E-state index in [2.05, 4.69) is 30.7 Å². The Hall–Kier alpha value is -1.56. The SMILES string of the molecule is CC1(C)C(Br)=CNC=C1c1cccc2c1OC(F)(F)O2. The lowest BCUT2D eigenvalue weighted by Gasteiger charge is -2.31. The molecule has 20 heavy (non-hydrogen) atoms. The second-order valence-corrected chi connectivity index (χ2v) is 6.00. The minimum Gasteiger partial charge on any atom is -0.395 e. The van der Waals surface area contributed by atoms with E-state index in [1.807, 2.05) is 20.0 Å². The van der Waals surface area contributed by atoms with E-state index >= 15 is 0 Å². The van der Waals surface area contributed by atoms with Crippen LogP contribution in [0.15, 0.2) is 35.1 Å². The van der Waals surface area contributed by atoms with Gasteiger partial charge in [0.2, 0.25) is 0 Å². The quantitative estimate of drug-likeness (QED) is 0.828. The van der Waals surface area contributed by atoms with Crippen molar-refractivity contribution in [3.8, 4) is 11.5 Å². The van der Waals surface area contributed by atoms with Crippen LogP contribution in [0.5, 0.6) is 11.5 Å². The molecule has 2 heterocycles. The molecule has 0 aliphatic carbocycles. The molecule has 0 fully saturated rings. The summed E-state index contributed by atoms with van der Waals surface area (Å²) >= 11 is 3.49. The van der Waals surface area contributed by atoms with Gasteiger partial charge in [0.05, 0.1) is 0 Å². The molecule has 0 radical (unpaired) electrons. The molecule has 0 saturated carbocycles. The maximum absolute atomic E-state index is 13.3. The Kier molecular flexibility index (Phi) is 2.83. The first-order valence-electron chi connectivity index (χ1n) is 6.03. The van der Waals surface area contributed by atoms with Crippen LogP contribution in [0, 0.1) is 5.41 Å². The Labute approximate surface area is 123 Å². The highest BCUT2D eigenvalue weighted by atomic mass is 79.9. The summed E-state index contributed by atoms with van der Waals surface area (Å²) in [4.78, 5) is 0. The molecular formula is C14H12BrF2NO2. The Morgan fingerprint density at radius 3 is 2.65 bits per heavy atom. The summed E-state index contributed by atoms with van der Waals surface area (Å²) in [5, 5.41) is 3.00. The van der Waals surface area contributed by atoms with Crippen molar-refractivity contribution < 1.29 is 18.3 Å². The summed E-state index contributed by atoms with van der Waals surface area (Å²) < 4.78 is 36.6. The predicted molar refractivity (Wildman–Crippen MR) is 74.5 cm³/mol. The molecule has 2 aliphatic rings. The highest BCUT2D eigenvalue weighted by Gasteiger charge is 2.45. The number of allylic oxidation sites excluding steroid dienone is 2. The lowest BCUT2D eigenvalue weighted by molar-refractivity contribution is -0.286. The zero-order valence-electron chi connectivity index (χ0n) is 10.8. The van der Waals surface area contributed by atoms with Crippen molar-refractivity contribution in [2.45, 2.75) is 20.1 Å². The molecule has 3 nitrogen and oxygen atoms in total. The smallest absolute Gasteiger partial charge is 0.395 e. The van der Waals surface area contributed by atoms with Crippen LogP contribution in [0.2, 0.25) is 0 Å². The Morgan fingerprint density at radius 1 is 1.15 bits per heavy atom. The summed E-state index contributed by atoms with van der Waals surface area (Å²) in [6.07, 6.45) is -0.0167. The van der Waals surface area contributed by atoms with Gasteiger partial charge in [-0.05, 0) is 11.6 Å². The summed E-state index contributed by atoms with van der Waals surface area (Å²) in [6.45, 7) is 3.99. The van der Waals surface area contributed by atoms with Gasteiger partial charge in [0.15, 0.2) is 11.5 Å². The fraction of sp³-hybridized carbons (Fsp3) is 0.286. The van der Waals surface area contributed by atoms with Gasteiger partial charge in [0, 0.05) is 27.9 Å². The molecule has 0 amide bonds. The van der Waals surface area contributed by atoms with Gasteiger partial charge < -0.3 is 14.8 Å². The molecule has 2 aliphatic heterocycles. The van der Waals surface area contributed by atoms with Crippen molar-refractivity contribution in [1.82, 2.24) is 5.32 Å². The number of hydrogen-bond donors (Lipinski definition) is 1. The molecule has 0 atom stereocenters. The van der Waals surface area contributed by atoms with Crippen LogP contribution in [-0.2, 0) is 0 Å². The average Bonchev–Trinajstić information content (AvgIpc) is 2.66. The van der Waals surface area contributed by atoms with Crippen molar-refractivity contribution in [1.29, 1.82) is 0 Å². The Bertz CT molecular complexity index is 638. The van der Waals surface area contributed by atoms with E-state index in [0.717, 1.165) is 10.1 Å². The molecule has 0 bridgehead atoms. The first-order chi connectivity index (χ1) is 9.31. The third-order valence-corrected chi connectivity index (χ3v) is 4.65. The van der Waals surface area contributed by atoms with E-state index in [4.69, 9.17) is 0 Å². The highest BCUT2D eigenvalue weighted by Crippen LogP contribution is 2.51. The van der Waals surface area contributed by atoms with E-state index < -0.39 is 6.29 Å². The number of para-hydroxylation sites is 1. The number of alkyl halides is 2.